The molecule has 0 amide bonds. The van der Waals surface area contributed by atoms with Crippen LogP contribution in [0.2, 0.25) is 5.02 Å². The largest absolute Gasteiger partial charge is 0.458 e. The van der Waals surface area contributed by atoms with E-state index >= 15 is 0 Å². The van der Waals surface area contributed by atoms with Crippen molar-refractivity contribution < 1.29 is 9.52 Å². The van der Waals surface area contributed by atoms with Gasteiger partial charge in [-0.3, -0.25) is 0 Å². The number of furan rings is 1. The second kappa shape index (κ2) is 4.62. The molecule has 2 nitrogen and oxygen atoms in total. The van der Waals surface area contributed by atoms with Crippen molar-refractivity contribution in [3.05, 3.63) is 70.4 Å². The van der Waals surface area contributed by atoms with Crippen LogP contribution in [0, 0.1) is 0 Å². The lowest BCUT2D eigenvalue weighted by Gasteiger charge is -2.32. The topological polar surface area (TPSA) is 33.4 Å². The van der Waals surface area contributed by atoms with E-state index in [1.165, 1.54) is 5.56 Å². The van der Waals surface area contributed by atoms with Crippen molar-refractivity contribution in [2.24, 2.45) is 0 Å². The van der Waals surface area contributed by atoms with Crippen LogP contribution in [0.4, 0.5) is 0 Å². The second-order valence-corrected chi connectivity index (χ2v) is 6.10. The van der Waals surface area contributed by atoms with Gasteiger partial charge in [-0.25, -0.2) is 0 Å². The first-order valence-electron chi connectivity index (χ1n) is 7.17. The summed E-state index contributed by atoms with van der Waals surface area (Å²) in [4.78, 5) is 0. The Morgan fingerprint density at radius 3 is 2.86 bits per heavy atom. The smallest absolute Gasteiger partial charge is 0.147 e. The summed E-state index contributed by atoms with van der Waals surface area (Å²) in [5.74, 6) is 0.604. The zero-order chi connectivity index (χ0) is 14.4. The first-order chi connectivity index (χ1) is 10.2. The predicted molar refractivity (Wildman–Crippen MR) is 83.6 cm³/mol. The summed E-state index contributed by atoms with van der Waals surface area (Å²) in [5, 5.41) is 12.8. The normalized spacial score (nSPS) is 21.4. The van der Waals surface area contributed by atoms with Gasteiger partial charge in [-0.15, -0.1) is 0 Å². The monoisotopic (exact) mass is 298 g/mol. The Hall–Kier alpha value is -1.77. The second-order valence-electron chi connectivity index (χ2n) is 5.66. The lowest BCUT2D eigenvalue weighted by molar-refractivity contribution is 0.0406. The number of hydrogen-bond acceptors (Lipinski definition) is 2. The van der Waals surface area contributed by atoms with Crippen molar-refractivity contribution in [1.29, 1.82) is 0 Å². The Kier molecular flexibility index (Phi) is 2.84. The van der Waals surface area contributed by atoms with Crippen molar-refractivity contribution in [2.75, 3.05) is 0 Å². The number of aliphatic hydroxyl groups is 1. The van der Waals surface area contributed by atoms with E-state index in [1.807, 2.05) is 36.4 Å². The molecule has 0 radical (unpaired) electrons. The van der Waals surface area contributed by atoms with Crippen LogP contribution in [-0.4, -0.2) is 5.11 Å². The van der Waals surface area contributed by atoms with Crippen LogP contribution in [0.1, 0.15) is 29.7 Å². The van der Waals surface area contributed by atoms with Crippen LogP contribution in [0.3, 0.4) is 0 Å². The van der Waals surface area contributed by atoms with Gasteiger partial charge < -0.3 is 9.52 Å². The molecule has 0 aliphatic heterocycles. The molecule has 1 heterocycles. The minimum Gasteiger partial charge on any atom is -0.458 e. The van der Waals surface area contributed by atoms with E-state index in [1.54, 1.807) is 6.07 Å². The Balaban J connectivity index is 1.91. The van der Waals surface area contributed by atoms with E-state index in [0.29, 0.717) is 17.2 Å². The fourth-order valence-electron chi connectivity index (χ4n) is 3.29. The standard InChI is InChI=1S/C18H15ClO2/c19-14-7-8-16-13(10-14)11-17(21-16)18(20)9-3-5-12-4-1-2-6-15(12)18/h1-2,4,6-8,10-11,20H,3,5,9H2. The first kappa shape index (κ1) is 12.9. The molecule has 1 atom stereocenters. The highest BCUT2D eigenvalue weighted by molar-refractivity contribution is 6.31. The Morgan fingerprint density at radius 1 is 1.10 bits per heavy atom. The zero-order valence-electron chi connectivity index (χ0n) is 11.5. The average molecular weight is 299 g/mol. The molecule has 1 N–H and O–H groups in total. The van der Waals surface area contributed by atoms with Gasteiger partial charge in [0.2, 0.25) is 0 Å². The van der Waals surface area contributed by atoms with Gasteiger partial charge >= 0.3 is 0 Å². The highest BCUT2D eigenvalue weighted by Gasteiger charge is 2.38. The van der Waals surface area contributed by atoms with E-state index < -0.39 is 5.60 Å². The molecule has 4 rings (SSSR count). The van der Waals surface area contributed by atoms with Gasteiger partial charge in [-0.1, -0.05) is 35.9 Å². The van der Waals surface area contributed by atoms with Gasteiger partial charge in [-0.05, 0) is 54.7 Å². The number of halogens is 1. The van der Waals surface area contributed by atoms with E-state index in [0.717, 1.165) is 29.4 Å². The number of rotatable bonds is 1. The molecule has 3 heteroatoms. The van der Waals surface area contributed by atoms with Crippen LogP contribution in [0.15, 0.2) is 52.9 Å². The Bertz CT molecular complexity index is 821. The first-order valence-corrected chi connectivity index (χ1v) is 7.55. The Morgan fingerprint density at radius 2 is 1.95 bits per heavy atom. The summed E-state index contributed by atoms with van der Waals surface area (Å²) in [6.45, 7) is 0. The lowest BCUT2D eigenvalue weighted by atomic mass is 9.77. The molecule has 1 aliphatic rings. The van der Waals surface area contributed by atoms with Gasteiger partial charge in [-0.2, -0.15) is 0 Å². The van der Waals surface area contributed by atoms with Crippen molar-refractivity contribution in [2.45, 2.75) is 24.9 Å². The zero-order valence-corrected chi connectivity index (χ0v) is 12.2. The van der Waals surface area contributed by atoms with Crippen LogP contribution < -0.4 is 0 Å². The molecule has 106 valence electrons. The minimum atomic E-state index is -1.04. The molecule has 0 bridgehead atoms. The molecule has 21 heavy (non-hydrogen) atoms. The molecule has 0 saturated heterocycles. The van der Waals surface area contributed by atoms with Crippen LogP contribution in [-0.2, 0) is 12.0 Å². The summed E-state index contributed by atoms with van der Waals surface area (Å²) in [7, 11) is 0. The molecule has 1 aliphatic carbocycles. The van der Waals surface area contributed by atoms with Gasteiger partial charge in [0.25, 0.3) is 0 Å². The fourth-order valence-corrected chi connectivity index (χ4v) is 3.47. The number of aryl methyl sites for hydroxylation is 1. The summed E-state index contributed by atoms with van der Waals surface area (Å²) in [6.07, 6.45) is 2.63. The number of fused-ring (bicyclic) bond motifs is 2. The lowest BCUT2D eigenvalue weighted by Crippen LogP contribution is -2.31. The summed E-state index contributed by atoms with van der Waals surface area (Å²) in [5.41, 5.74) is 1.87. The average Bonchev–Trinajstić information content (AvgIpc) is 2.91. The quantitative estimate of drug-likeness (QED) is 0.709. The Labute approximate surface area is 128 Å². The molecule has 0 fully saturated rings. The van der Waals surface area contributed by atoms with Crippen LogP contribution >= 0.6 is 11.6 Å². The SMILES string of the molecule is OC1(c2cc3cc(Cl)ccc3o2)CCCc2ccccc21. The van der Waals surface area contributed by atoms with Crippen LogP contribution in [0.25, 0.3) is 11.0 Å². The molecule has 0 spiro atoms. The molecule has 2 aromatic carbocycles. The maximum absolute atomic E-state index is 11.2. The van der Waals surface area contributed by atoms with Crippen molar-refractivity contribution >= 4 is 22.6 Å². The van der Waals surface area contributed by atoms with Gasteiger partial charge in [0.15, 0.2) is 0 Å². The third-order valence-corrected chi connectivity index (χ3v) is 4.57. The molecule has 3 aromatic rings. The molecule has 1 unspecified atom stereocenters. The molecule has 1 aromatic heterocycles. The van der Waals surface area contributed by atoms with E-state index in [2.05, 4.69) is 6.07 Å². The molecular formula is C18H15ClO2. The maximum Gasteiger partial charge on any atom is 0.147 e. The molecular weight excluding hydrogens is 284 g/mol. The highest BCUT2D eigenvalue weighted by Crippen LogP contribution is 2.42. The molecule has 0 saturated carbocycles. The van der Waals surface area contributed by atoms with Gasteiger partial charge in [0.1, 0.15) is 16.9 Å². The van der Waals surface area contributed by atoms with Crippen molar-refractivity contribution in [3.63, 3.8) is 0 Å². The van der Waals surface area contributed by atoms with Crippen molar-refractivity contribution in [3.8, 4) is 0 Å². The third-order valence-electron chi connectivity index (χ3n) is 4.33. The van der Waals surface area contributed by atoms with E-state index in [4.69, 9.17) is 16.0 Å². The highest BCUT2D eigenvalue weighted by atomic mass is 35.5. The maximum atomic E-state index is 11.2. The van der Waals surface area contributed by atoms with E-state index in [9.17, 15) is 5.11 Å². The van der Waals surface area contributed by atoms with Gasteiger partial charge in [0, 0.05) is 10.4 Å². The summed E-state index contributed by atoms with van der Waals surface area (Å²) in [6, 6.07) is 15.5. The number of benzene rings is 2. The van der Waals surface area contributed by atoms with E-state index in [-0.39, 0.29) is 0 Å². The predicted octanol–water partition coefficient (Wildman–Crippen LogP) is 4.66. The number of hydrogen-bond donors (Lipinski definition) is 1. The summed E-state index contributed by atoms with van der Waals surface area (Å²) < 4.78 is 5.91. The van der Waals surface area contributed by atoms with Gasteiger partial charge in [0.05, 0.1) is 0 Å². The third kappa shape index (κ3) is 1.98. The van der Waals surface area contributed by atoms with Crippen LogP contribution in [0.5, 0.6) is 0 Å². The summed E-state index contributed by atoms with van der Waals surface area (Å²) >= 11 is 6.03. The van der Waals surface area contributed by atoms with Crippen molar-refractivity contribution in [1.82, 2.24) is 0 Å². The fraction of sp³-hybridized carbons (Fsp3) is 0.222. The minimum absolute atomic E-state index is 0.604.